The van der Waals surface area contributed by atoms with Crippen LogP contribution in [0.1, 0.15) is 31.2 Å². The Bertz CT molecular complexity index is 453. The number of likely N-dealkylation sites (tertiary alicyclic amines) is 1. The third-order valence-corrected chi connectivity index (χ3v) is 4.56. The van der Waals surface area contributed by atoms with Gasteiger partial charge in [-0.05, 0) is 37.0 Å². The van der Waals surface area contributed by atoms with Gasteiger partial charge < -0.3 is 16.2 Å². The molecular formula is C15H24N4O. The second-order valence-electron chi connectivity index (χ2n) is 6.01. The molecule has 1 saturated heterocycles. The highest BCUT2D eigenvalue weighted by Crippen LogP contribution is 2.27. The van der Waals surface area contributed by atoms with Crippen LogP contribution < -0.4 is 11.1 Å². The molecule has 0 spiro atoms. The first-order valence-electron chi connectivity index (χ1n) is 7.58. The number of hydrogen-bond acceptors (Lipinski definition) is 5. The molecule has 110 valence electrons. The first-order valence-corrected chi connectivity index (χ1v) is 7.58. The predicted octanol–water partition coefficient (Wildman–Crippen LogP) is 0.741. The fourth-order valence-electron chi connectivity index (χ4n) is 3.54. The lowest BCUT2D eigenvalue weighted by Gasteiger charge is -2.30. The second-order valence-corrected chi connectivity index (χ2v) is 6.01. The van der Waals surface area contributed by atoms with Crippen LogP contribution in [-0.4, -0.2) is 46.3 Å². The van der Waals surface area contributed by atoms with E-state index >= 15 is 0 Å². The van der Waals surface area contributed by atoms with Gasteiger partial charge in [0, 0.05) is 37.9 Å². The van der Waals surface area contributed by atoms with Crippen LogP contribution in [0.4, 0.5) is 5.82 Å². The number of aromatic nitrogens is 1. The van der Waals surface area contributed by atoms with Crippen molar-refractivity contribution in [3.63, 3.8) is 0 Å². The number of aliphatic hydroxyl groups is 1. The Kier molecular flexibility index (Phi) is 4.19. The summed E-state index contributed by atoms with van der Waals surface area (Å²) in [4.78, 5) is 6.47. The van der Waals surface area contributed by atoms with E-state index in [1.807, 2.05) is 12.1 Å². The van der Waals surface area contributed by atoms with Gasteiger partial charge in [0.05, 0.1) is 6.10 Å². The summed E-state index contributed by atoms with van der Waals surface area (Å²) < 4.78 is 0. The van der Waals surface area contributed by atoms with Gasteiger partial charge in [-0.2, -0.15) is 0 Å². The Balaban J connectivity index is 1.56. The van der Waals surface area contributed by atoms with Gasteiger partial charge in [0.1, 0.15) is 5.82 Å². The molecule has 2 aliphatic rings. The number of nitrogen functional groups attached to an aromatic ring is 1. The van der Waals surface area contributed by atoms with Crippen molar-refractivity contribution in [2.75, 3.05) is 18.8 Å². The Morgan fingerprint density at radius 1 is 1.40 bits per heavy atom. The smallest absolute Gasteiger partial charge is 0.123 e. The molecule has 5 nitrogen and oxygen atoms in total. The molecule has 2 fully saturated rings. The molecule has 1 saturated carbocycles. The Morgan fingerprint density at radius 2 is 2.30 bits per heavy atom. The summed E-state index contributed by atoms with van der Waals surface area (Å²) in [7, 11) is 0. The summed E-state index contributed by atoms with van der Waals surface area (Å²) in [5, 5.41) is 13.4. The molecule has 4 N–H and O–H groups in total. The average molecular weight is 276 g/mol. The number of nitrogens with zero attached hydrogens (tertiary/aromatic N) is 2. The molecule has 0 bridgehead atoms. The number of nitrogens with one attached hydrogen (secondary N) is 1. The molecule has 20 heavy (non-hydrogen) atoms. The fraction of sp³-hybridized carbons (Fsp3) is 0.667. The molecule has 1 aliphatic heterocycles. The summed E-state index contributed by atoms with van der Waals surface area (Å²) in [6.45, 7) is 2.71. The summed E-state index contributed by atoms with van der Waals surface area (Å²) in [6.07, 6.45) is 6.28. The molecule has 1 aromatic heterocycles. The number of nitrogens with two attached hydrogens (primary N) is 1. The molecule has 5 heteroatoms. The van der Waals surface area contributed by atoms with Gasteiger partial charge in [-0.15, -0.1) is 0 Å². The molecule has 1 aliphatic carbocycles. The minimum atomic E-state index is -0.128. The standard InChI is InChI=1S/C15H24N4O/c16-15-8-11(4-6-17-15)9-18-13-2-1-3-14(13)19-7-5-12(20)10-19/h4,6,8,12-14,18,20H,1-3,5,7,9-10H2,(H2,16,17)/t12?,13-,14+/m1/s1. The minimum absolute atomic E-state index is 0.128. The zero-order chi connectivity index (χ0) is 13.9. The third kappa shape index (κ3) is 3.11. The number of hydrogen-bond donors (Lipinski definition) is 3. The monoisotopic (exact) mass is 276 g/mol. The molecule has 0 amide bonds. The van der Waals surface area contributed by atoms with Gasteiger partial charge in [-0.3, -0.25) is 4.90 Å². The number of pyridine rings is 1. The molecule has 0 radical (unpaired) electrons. The number of aliphatic hydroxyl groups excluding tert-OH is 1. The van der Waals surface area contributed by atoms with Crippen LogP contribution in [0.15, 0.2) is 18.3 Å². The zero-order valence-electron chi connectivity index (χ0n) is 11.8. The van der Waals surface area contributed by atoms with Gasteiger partial charge in [0.25, 0.3) is 0 Å². The fourth-order valence-corrected chi connectivity index (χ4v) is 3.54. The second kappa shape index (κ2) is 6.08. The first kappa shape index (κ1) is 13.8. The predicted molar refractivity (Wildman–Crippen MR) is 79.1 cm³/mol. The lowest BCUT2D eigenvalue weighted by Crippen LogP contribution is -2.46. The van der Waals surface area contributed by atoms with E-state index < -0.39 is 0 Å². The molecular weight excluding hydrogens is 252 g/mol. The highest BCUT2D eigenvalue weighted by Gasteiger charge is 2.35. The molecule has 2 heterocycles. The Morgan fingerprint density at radius 3 is 3.05 bits per heavy atom. The van der Waals surface area contributed by atoms with Gasteiger partial charge in [-0.1, -0.05) is 6.42 Å². The summed E-state index contributed by atoms with van der Waals surface area (Å²) >= 11 is 0. The molecule has 3 rings (SSSR count). The van der Waals surface area contributed by atoms with Crippen LogP contribution in [0, 0.1) is 0 Å². The number of rotatable bonds is 4. The maximum Gasteiger partial charge on any atom is 0.123 e. The van der Waals surface area contributed by atoms with Gasteiger partial charge in [-0.25, -0.2) is 4.98 Å². The topological polar surface area (TPSA) is 74.4 Å². The van der Waals surface area contributed by atoms with Crippen molar-refractivity contribution in [1.29, 1.82) is 0 Å². The van der Waals surface area contributed by atoms with E-state index in [1.54, 1.807) is 6.20 Å². The van der Waals surface area contributed by atoms with Crippen LogP contribution in [0.3, 0.4) is 0 Å². The van der Waals surface area contributed by atoms with E-state index in [4.69, 9.17) is 5.73 Å². The summed E-state index contributed by atoms with van der Waals surface area (Å²) in [5.41, 5.74) is 6.89. The molecule has 1 aromatic rings. The van der Waals surface area contributed by atoms with Crippen LogP contribution in [0.2, 0.25) is 0 Å². The number of β-amino-alcohol motifs (C(OH)–C–C–N with tert-alkyl or cyclic N) is 1. The average Bonchev–Trinajstić information content (AvgIpc) is 3.04. The van der Waals surface area contributed by atoms with Gasteiger partial charge in [0.2, 0.25) is 0 Å². The Labute approximate surface area is 120 Å². The lowest BCUT2D eigenvalue weighted by molar-refractivity contribution is 0.150. The quantitative estimate of drug-likeness (QED) is 0.756. The normalized spacial score (nSPS) is 30.9. The van der Waals surface area contributed by atoms with Crippen molar-refractivity contribution in [3.05, 3.63) is 23.9 Å². The highest BCUT2D eigenvalue weighted by atomic mass is 16.3. The van der Waals surface area contributed by atoms with Crippen LogP contribution in [0.5, 0.6) is 0 Å². The summed E-state index contributed by atoms with van der Waals surface area (Å²) in [6, 6.07) is 5.03. The summed E-state index contributed by atoms with van der Waals surface area (Å²) in [5.74, 6) is 0.579. The Hall–Kier alpha value is -1.17. The zero-order valence-corrected chi connectivity index (χ0v) is 11.8. The van der Waals surface area contributed by atoms with Gasteiger partial charge in [0.15, 0.2) is 0 Å². The van der Waals surface area contributed by atoms with Crippen LogP contribution in [-0.2, 0) is 6.54 Å². The van der Waals surface area contributed by atoms with E-state index in [2.05, 4.69) is 15.2 Å². The SMILES string of the molecule is Nc1cc(CN[C@@H]2CCC[C@@H]2N2CCC(O)C2)ccn1. The van der Waals surface area contributed by atoms with Gasteiger partial charge >= 0.3 is 0 Å². The highest BCUT2D eigenvalue weighted by molar-refractivity contribution is 5.31. The lowest BCUT2D eigenvalue weighted by atomic mass is 10.1. The van der Waals surface area contributed by atoms with Crippen molar-refractivity contribution >= 4 is 5.82 Å². The van der Waals surface area contributed by atoms with Crippen molar-refractivity contribution in [3.8, 4) is 0 Å². The van der Waals surface area contributed by atoms with E-state index in [0.717, 1.165) is 26.1 Å². The largest absolute Gasteiger partial charge is 0.392 e. The van der Waals surface area contributed by atoms with Crippen molar-refractivity contribution in [2.24, 2.45) is 0 Å². The van der Waals surface area contributed by atoms with Crippen LogP contribution in [0.25, 0.3) is 0 Å². The maximum absolute atomic E-state index is 9.70. The van der Waals surface area contributed by atoms with Crippen molar-refractivity contribution in [2.45, 2.75) is 50.4 Å². The van der Waals surface area contributed by atoms with Crippen molar-refractivity contribution < 1.29 is 5.11 Å². The number of anilines is 1. The van der Waals surface area contributed by atoms with Crippen molar-refractivity contribution in [1.82, 2.24) is 15.2 Å². The molecule has 1 unspecified atom stereocenters. The molecule has 0 aromatic carbocycles. The van der Waals surface area contributed by atoms with E-state index in [9.17, 15) is 5.11 Å². The molecule has 3 atom stereocenters. The van der Waals surface area contributed by atoms with E-state index in [0.29, 0.717) is 17.9 Å². The first-order chi connectivity index (χ1) is 9.72. The van der Waals surface area contributed by atoms with Crippen LogP contribution >= 0.6 is 0 Å². The minimum Gasteiger partial charge on any atom is -0.392 e. The van der Waals surface area contributed by atoms with E-state index in [1.165, 1.54) is 24.8 Å². The third-order valence-electron chi connectivity index (χ3n) is 4.56. The maximum atomic E-state index is 9.70. The van der Waals surface area contributed by atoms with E-state index in [-0.39, 0.29) is 6.10 Å².